The predicted molar refractivity (Wildman–Crippen MR) is 106 cm³/mol. The lowest BCUT2D eigenvalue weighted by Crippen LogP contribution is -2.17. The molecule has 4 rings (SSSR count). The van der Waals surface area contributed by atoms with Crippen molar-refractivity contribution in [1.29, 1.82) is 0 Å². The number of nitrogens with zero attached hydrogens (tertiary/aromatic N) is 4. The smallest absolute Gasteiger partial charge is 0.283 e. The summed E-state index contributed by atoms with van der Waals surface area (Å²) in [7, 11) is 0. The average molecular weight is 418 g/mol. The number of Topliss-reactive ketones (excluding diaryl/α,β-unsaturated/α-hetero) is 1. The third-order valence-electron chi connectivity index (χ3n) is 3.73. The van der Waals surface area contributed by atoms with E-state index in [4.69, 9.17) is 28.9 Å². The molecule has 0 fully saturated rings. The molecule has 1 aliphatic carbocycles. The number of anilines is 1. The van der Waals surface area contributed by atoms with Crippen LogP contribution in [0.15, 0.2) is 57.1 Å². The van der Waals surface area contributed by atoms with Crippen LogP contribution in [0.3, 0.4) is 0 Å². The first-order valence-electron chi connectivity index (χ1n) is 7.54. The Morgan fingerprint density at radius 1 is 1.19 bits per heavy atom. The molecule has 0 radical (unpaired) electrons. The molecule has 2 N–H and O–H groups in total. The number of nitrogens with two attached hydrogens (primary N) is 1. The molecule has 3 aromatic heterocycles. The summed E-state index contributed by atoms with van der Waals surface area (Å²) in [6.45, 7) is 0. The van der Waals surface area contributed by atoms with Gasteiger partial charge < -0.3 is 5.73 Å². The maximum Gasteiger partial charge on any atom is 0.283 e. The molecule has 7 nitrogen and oxygen atoms in total. The van der Waals surface area contributed by atoms with Crippen LogP contribution < -0.4 is 11.3 Å². The Labute approximate surface area is 166 Å². The van der Waals surface area contributed by atoms with Crippen molar-refractivity contribution >= 4 is 57.2 Å². The zero-order valence-electron chi connectivity index (χ0n) is 13.4. The molecular weight excluding hydrogens is 409 g/mol. The topological polar surface area (TPSA) is 103 Å². The maximum atomic E-state index is 12.4. The average Bonchev–Trinajstić information content (AvgIpc) is 3.08. The molecule has 0 spiro atoms. The van der Waals surface area contributed by atoms with Crippen molar-refractivity contribution in [2.75, 3.05) is 5.73 Å². The standard InChI is InChI=1S/C17H9Cl2N5O2S/c18-11-5-8(6-12(19)13(11)25)4-10-14(20)24-17(22-15(10)26)27-16(23-24)9-2-1-3-21-7-9/h1-7H,20H2. The van der Waals surface area contributed by atoms with Crippen LogP contribution in [-0.2, 0) is 4.79 Å². The molecule has 0 aliphatic heterocycles. The summed E-state index contributed by atoms with van der Waals surface area (Å²) in [6, 6.07) is 3.63. The Balaban J connectivity index is 1.87. The molecule has 0 bridgehead atoms. The van der Waals surface area contributed by atoms with Crippen LogP contribution in [0.25, 0.3) is 21.6 Å². The number of halogens is 2. The SMILES string of the molecule is Nc1c(C=C2C=C(Cl)C(=O)C(Cl)=C2)c(=O)nc2sc(-c3cccnc3)nn12. The van der Waals surface area contributed by atoms with Gasteiger partial charge in [-0.3, -0.25) is 14.6 Å². The van der Waals surface area contributed by atoms with E-state index in [-0.39, 0.29) is 21.4 Å². The van der Waals surface area contributed by atoms with Crippen molar-refractivity contribution in [3.63, 3.8) is 0 Å². The quantitative estimate of drug-likeness (QED) is 0.686. The van der Waals surface area contributed by atoms with Gasteiger partial charge in [0.15, 0.2) is 0 Å². The number of pyridine rings is 1. The van der Waals surface area contributed by atoms with E-state index in [2.05, 4.69) is 15.1 Å². The second kappa shape index (κ2) is 6.73. The van der Waals surface area contributed by atoms with Gasteiger partial charge in [0.05, 0.1) is 15.6 Å². The summed E-state index contributed by atoms with van der Waals surface area (Å²) < 4.78 is 1.39. The highest BCUT2D eigenvalue weighted by Crippen LogP contribution is 2.28. The lowest BCUT2D eigenvalue weighted by Gasteiger charge is -2.07. The Morgan fingerprint density at radius 3 is 2.59 bits per heavy atom. The first kappa shape index (κ1) is 17.6. The summed E-state index contributed by atoms with van der Waals surface area (Å²) >= 11 is 13.0. The van der Waals surface area contributed by atoms with E-state index in [1.807, 2.05) is 6.07 Å². The fourth-order valence-electron chi connectivity index (χ4n) is 2.45. The number of aromatic nitrogens is 4. The minimum atomic E-state index is -0.521. The third-order valence-corrected chi connectivity index (χ3v) is 5.25. The van der Waals surface area contributed by atoms with E-state index >= 15 is 0 Å². The van der Waals surface area contributed by atoms with Gasteiger partial charge in [-0.25, -0.2) is 0 Å². The number of nitrogen functional groups attached to an aromatic ring is 1. The van der Waals surface area contributed by atoms with Crippen LogP contribution in [0.1, 0.15) is 5.56 Å². The summed E-state index contributed by atoms with van der Waals surface area (Å²) in [5.41, 5.74) is 7.01. The van der Waals surface area contributed by atoms with E-state index in [9.17, 15) is 9.59 Å². The van der Waals surface area contributed by atoms with Crippen LogP contribution in [0.5, 0.6) is 0 Å². The first-order chi connectivity index (χ1) is 12.9. The van der Waals surface area contributed by atoms with Crippen LogP contribution >= 0.6 is 34.5 Å². The van der Waals surface area contributed by atoms with Crippen molar-refractivity contribution < 1.29 is 4.79 Å². The number of carbonyl (C=O) groups excluding carboxylic acids is 1. The van der Waals surface area contributed by atoms with Gasteiger partial charge in [-0.15, -0.1) is 0 Å². The molecule has 0 saturated carbocycles. The van der Waals surface area contributed by atoms with E-state index in [1.54, 1.807) is 18.5 Å². The Morgan fingerprint density at radius 2 is 1.93 bits per heavy atom. The van der Waals surface area contributed by atoms with Gasteiger partial charge in [0, 0.05) is 18.0 Å². The molecule has 0 saturated heterocycles. The highest BCUT2D eigenvalue weighted by atomic mass is 35.5. The van der Waals surface area contributed by atoms with Crippen molar-refractivity contribution in [2.24, 2.45) is 0 Å². The minimum Gasteiger partial charge on any atom is -0.383 e. The summed E-state index contributed by atoms with van der Waals surface area (Å²) in [4.78, 5) is 32.5. The van der Waals surface area contributed by atoms with Crippen LogP contribution in [-0.4, -0.2) is 25.4 Å². The first-order valence-corrected chi connectivity index (χ1v) is 9.12. The maximum absolute atomic E-state index is 12.4. The van der Waals surface area contributed by atoms with Gasteiger partial charge >= 0.3 is 0 Å². The van der Waals surface area contributed by atoms with Gasteiger partial charge in [-0.2, -0.15) is 14.6 Å². The van der Waals surface area contributed by atoms with Gasteiger partial charge in [-0.05, 0) is 35.9 Å². The molecule has 1 aliphatic rings. The van der Waals surface area contributed by atoms with Gasteiger partial charge in [0.1, 0.15) is 10.8 Å². The number of hydrogen-bond acceptors (Lipinski definition) is 7. The van der Waals surface area contributed by atoms with Gasteiger partial charge in [0.2, 0.25) is 10.7 Å². The Bertz CT molecular complexity index is 1220. The second-order valence-corrected chi connectivity index (χ2v) is 7.29. The zero-order valence-corrected chi connectivity index (χ0v) is 15.7. The molecule has 10 heteroatoms. The number of ketones is 1. The lowest BCUT2D eigenvalue weighted by molar-refractivity contribution is -0.111. The molecule has 27 heavy (non-hydrogen) atoms. The minimum absolute atomic E-state index is 0.0472. The normalized spacial score (nSPS) is 14.3. The second-order valence-electron chi connectivity index (χ2n) is 5.52. The van der Waals surface area contributed by atoms with Crippen molar-refractivity contribution in [1.82, 2.24) is 19.6 Å². The fourth-order valence-corrected chi connectivity index (χ4v) is 3.84. The molecule has 134 valence electrons. The largest absolute Gasteiger partial charge is 0.383 e. The van der Waals surface area contributed by atoms with Crippen molar-refractivity contribution in [3.05, 3.63) is 68.2 Å². The zero-order chi connectivity index (χ0) is 19.1. The van der Waals surface area contributed by atoms with E-state index in [1.165, 1.54) is 34.1 Å². The molecule has 3 aromatic rings. The third kappa shape index (κ3) is 3.18. The predicted octanol–water partition coefficient (Wildman–Crippen LogP) is 3.01. The molecule has 0 aromatic carbocycles. The molecule has 3 heterocycles. The summed E-state index contributed by atoms with van der Waals surface area (Å²) in [5.74, 6) is -0.357. The molecule has 0 unspecified atom stereocenters. The molecular formula is C17H9Cl2N5O2S. The summed E-state index contributed by atoms with van der Waals surface area (Å²) in [6.07, 6.45) is 7.60. The number of carbonyl (C=O) groups is 1. The van der Waals surface area contributed by atoms with Crippen molar-refractivity contribution in [2.45, 2.75) is 0 Å². The van der Waals surface area contributed by atoms with Gasteiger partial charge in [-0.1, -0.05) is 34.5 Å². The van der Waals surface area contributed by atoms with Crippen LogP contribution in [0, 0.1) is 0 Å². The number of hydrogen-bond donors (Lipinski definition) is 1. The Kier molecular flexibility index (Phi) is 4.39. The number of fused-ring (bicyclic) bond motifs is 1. The van der Waals surface area contributed by atoms with Crippen molar-refractivity contribution in [3.8, 4) is 10.6 Å². The monoisotopic (exact) mass is 417 g/mol. The molecule has 0 atom stereocenters. The highest BCUT2D eigenvalue weighted by molar-refractivity contribution is 7.19. The summed E-state index contributed by atoms with van der Waals surface area (Å²) in [5, 5.41) is 4.95. The fraction of sp³-hybridized carbons (Fsp3) is 0. The van der Waals surface area contributed by atoms with E-state index < -0.39 is 11.3 Å². The molecule has 0 amide bonds. The van der Waals surface area contributed by atoms with E-state index in [0.717, 1.165) is 5.56 Å². The van der Waals surface area contributed by atoms with E-state index in [0.29, 0.717) is 15.5 Å². The van der Waals surface area contributed by atoms with Crippen LogP contribution in [0.2, 0.25) is 0 Å². The van der Waals surface area contributed by atoms with Crippen LogP contribution in [0.4, 0.5) is 5.82 Å². The highest BCUT2D eigenvalue weighted by Gasteiger charge is 2.19. The lowest BCUT2D eigenvalue weighted by atomic mass is 10.1. The number of rotatable bonds is 2. The van der Waals surface area contributed by atoms with Gasteiger partial charge in [0.25, 0.3) is 5.56 Å². The number of allylic oxidation sites excluding steroid dienone is 5. The Hall–Kier alpha value is -2.81.